The number of anilines is 5. The van der Waals surface area contributed by atoms with Gasteiger partial charge in [-0.1, -0.05) is 28.2 Å². The fourth-order valence-corrected chi connectivity index (χ4v) is 9.56. The first-order valence-corrected chi connectivity index (χ1v) is 31.8. The number of nitrogens with one attached hydrogen (secondary N) is 3. The minimum Gasteiger partial charge on any atom is -1.00 e. The summed E-state index contributed by atoms with van der Waals surface area (Å²) in [7, 11) is 1.00. The number of aromatic nitrogens is 2. The van der Waals surface area contributed by atoms with Gasteiger partial charge in [-0.05, 0) is 168 Å². The number of alkyl halides is 14. The molecular weight excluding hydrogens is 1440 g/mol. The molecule has 18 nitrogen and oxygen atoms in total. The topological polar surface area (TPSA) is 231 Å². The number of hydrogen-bond donors (Lipinski definition) is 4. The first-order valence-electron chi connectivity index (χ1n) is 30.4. The van der Waals surface area contributed by atoms with Gasteiger partial charge in [-0.2, -0.15) is 57.1 Å². The lowest BCUT2D eigenvalue weighted by molar-refractivity contribution is -0.387. The number of nitrogen functional groups attached to an aromatic ring is 1. The van der Waals surface area contributed by atoms with Crippen molar-refractivity contribution in [3.63, 3.8) is 0 Å². The first kappa shape index (κ1) is 92.4. The molecule has 558 valence electrons. The molecule has 0 aliphatic carbocycles. The molecule has 6 heterocycles. The Balaban J connectivity index is 0.00000117. The lowest BCUT2D eigenvalue weighted by Gasteiger charge is -2.23. The molecule has 4 fully saturated rings. The average molecular weight is 1520 g/mol. The van der Waals surface area contributed by atoms with E-state index in [1.807, 2.05) is 9.80 Å². The maximum absolute atomic E-state index is 13.0. The smallest absolute Gasteiger partial charge is 0.416 e. The van der Waals surface area contributed by atoms with Crippen molar-refractivity contribution in [1.29, 1.82) is 0 Å². The van der Waals surface area contributed by atoms with Crippen molar-refractivity contribution < 1.29 is 99.0 Å². The van der Waals surface area contributed by atoms with E-state index < -0.39 is 85.1 Å². The van der Waals surface area contributed by atoms with Gasteiger partial charge in [-0.15, -0.1) is 23.2 Å². The molecule has 4 aromatic carbocycles. The van der Waals surface area contributed by atoms with Crippen LogP contribution in [0.3, 0.4) is 0 Å². The van der Waals surface area contributed by atoms with Gasteiger partial charge in [0.1, 0.15) is 5.69 Å². The summed E-state index contributed by atoms with van der Waals surface area (Å²) in [5, 5.41) is 33.6. The summed E-state index contributed by atoms with van der Waals surface area (Å²) in [4.78, 5) is 56.4. The normalized spacial score (nSPS) is 13.7. The number of nitrogens with two attached hydrogens (primary N) is 1. The molecule has 2 aromatic heterocycles. The van der Waals surface area contributed by atoms with Crippen molar-refractivity contribution in [2.45, 2.75) is 104 Å². The zero-order chi connectivity index (χ0) is 73.8. The number of aromatic amines is 1. The molecule has 35 heteroatoms. The number of benzene rings is 4. The van der Waals surface area contributed by atoms with Gasteiger partial charge >= 0.3 is 30.4 Å². The van der Waals surface area contributed by atoms with Crippen LogP contribution in [-0.4, -0.2) is 120 Å². The molecule has 1 amide bonds. The highest BCUT2D eigenvalue weighted by Gasteiger charge is 2.36. The molecule has 0 saturated carbocycles. The lowest BCUT2D eigenvalue weighted by Crippen LogP contribution is -3.00. The molecule has 0 spiro atoms. The van der Waals surface area contributed by atoms with E-state index in [-0.39, 0.29) is 48.3 Å². The van der Waals surface area contributed by atoms with Gasteiger partial charge < -0.3 is 53.5 Å². The van der Waals surface area contributed by atoms with E-state index in [9.17, 15) is 86.9 Å². The van der Waals surface area contributed by atoms with Crippen molar-refractivity contribution in [3.05, 3.63) is 181 Å². The maximum atomic E-state index is 13.0. The summed E-state index contributed by atoms with van der Waals surface area (Å²) in [6.45, 7) is 17.2. The number of hydrogen-bond acceptors (Lipinski definition) is 14. The Kier molecular flexibility index (Phi) is 43.3. The van der Waals surface area contributed by atoms with Crippen LogP contribution in [0.4, 0.5) is 96.9 Å². The highest BCUT2D eigenvalue weighted by atomic mass is 35.5. The molecule has 10 rings (SSSR count). The molecular formula is C65H82Cl4F13N11O7. The summed E-state index contributed by atoms with van der Waals surface area (Å²) in [6.07, 6.45) is -3.14. The highest BCUT2D eigenvalue weighted by molar-refractivity contribution is 6.67. The zero-order valence-electron chi connectivity index (χ0n) is 54.2. The van der Waals surface area contributed by atoms with E-state index in [4.69, 9.17) is 45.6 Å². The number of carbonyl (C=O) groups excluding carboxylic acids is 2. The Bertz CT molecular complexity index is 3330. The quantitative estimate of drug-likeness (QED) is 0.0236. The van der Waals surface area contributed by atoms with Gasteiger partial charge in [0.15, 0.2) is 12.4 Å². The average Bonchev–Trinajstić information content (AvgIpc) is 1.27. The Labute approximate surface area is 593 Å². The Morgan fingerprint density at radius 2 is 0.940 bits per heavy atom. The number of aliphatic hydroxyl groups is 1. The van der Waals surface area contributed by atoms with Gasteiger partial charge in [-0.25, -0.2) is 4.98 Å². The van der Waals surface area contributed by atoms with E-state index in [0.29, 0.717) is 53.8 Å². The Hall–Kier alpha value is -7.55. The van der Waals surface area contributed by atoms with E-state index in [1.165, 1.54) is 88.3 Å². The number of nitrogens with zero attached hydrogens (tertiary/aromatic N) is 7. The van der Waals surface area contributed by atoms with Gasteiger partial charge in [0.05, 0.1) is 60.2 Å². The van der Waals surface area contributed by atoms with E-state index in [2.05, 4.69) is 46.3 Å². The molecule has 4 aliphatic heterocycles. The molecule has 4 saturated heterocycles. The van der Waals surface area contributed by atoms with E-state index in [0.717, 1.165) is 102 Å². The number of nitro benzene ring substituents is 2. The minimum atomic E-state index is -4.71. The first-order chi connectivity index (χ1) is 46.2. The monoisotopic (exact) mass is 1520 g/mol. The summed E-state index contributed by atoms with van der Waals surface area (Å²) in [5.41, 5.74) is 3.12. The van der Waals surface area contributed by atoms with Gasteiger partial charge in [0.2, 0.25) is 5.82 Å². The summed E-state index contributed by atoms with van der Waals surface area (Å²) < 4.78 is 162. The Morgan fingerprint density at radius 1 is 0.580 bits per heavy atom. The van der Waals surface area contributed by atoms with Crippen LogP contribution in [-0.2, 0) is 24.7 Å². The summed E-state index contributed by atoms with van der Waals surface area (Å²) in [5.74, 6) is -1.75. The number of rotatable bonds is 11. The van der Waals surface area contributed by atoms with Gasteiger partial charge in [-0.3, -0.25) is 34.8 Å². The van der Waals surface area contributed by atoms with Crippen molar-refractivity contribution in [3.8, 4) is 0 Å². The molecule has 6 N–H and O–H groups in total. The summed E-state index contributed by atoms with van der Waals surface area (Å²) in [6, 6.07) is 17.0. The fraction of sp³-hybridized carbons (Fsp3) is 0.446. The molecule has 6 aromatic rings. The number of aliphatic hydroxyl groups excluding tert-OH is 1. The Morgan fingerprint density at radius 3 is 1.29 bits per heavy atom. The maximum Gasteiger partial charge on any atom is 0.416 e. The number of nitro groups is 2. The van der Waals surface area contributed by atoms with Crippen LogP contribution in [0.2, 0.25) is 0 Å². The third-order valence-corrected chi connectivity index (χ3v) is 14.6. The highest BCUT2D eigenvalue weighted by Crippen LogP contribution is 2.40. The number of amides is 1. The summed E-state index contributed by atoms with van der Waals surface area (Å²) >= 11 is 14.7. The van der Waals surface area contributed by atoms with Crippen LogP contribution >= 0.6 is 34.8 Å². The lowest BCUT2D eigenvalue weighted by atomic mass is 10.1. The second-order valence-electron chi connectivity index (χ2n) is 20.9. The molecule has 0 radical (unpaired) electrons. The number of pyridine rings is 2. The van der Waals surface area contributed by atoms with Crippen molar-refractivity contribution >= 4 is 85.8 Å². The van der Waals surface area contributed by atoms with Gasteiger partial charge in [0, 0.05) is 94.2 Å². The molecule has 100 heavy (non-hydrogen) atoms. The van der Waals surface area contributed by atoms with Crippen molar-refractivity contribution in [1.82, 2.24) is 15.2 Å². The predicted octanol–water partition coefficient (Wildman–Crippen LogP) is 14.1. The van der Waals surface area contributed by atoms with Crippen LogP contribution in [0.15, 0.2) is 122 Å². The van der Waals surface area contributed by atoms with Crippen LogP contribution in [0.1, 0.15) is 123 Å². The third-order valence-electron chi connectivity index (χ3n) is 14.4. The largest absolute Gasteiger partial charge is 1.00 e. The second-order valence-corrected chi connectivity index (χ2v) is 22.0. The molecule has 0 bridgehead atoms. The van der Waals surface area contributed by atoms with Crippen LogP contribution in [0.25, 0.3) is 0 Å². The van der Waals surface area contributed by atoms with Crippen LogP contribution in [0.5, 0.6) is 0 Å². The zero-order valence-corrected chi connectivity index (χ0v) is 57.2. The van der Waals surface area contributed by atoms with E-state index >= 15 is 0 Å². The van der Waals surface area contributed by atoms with Crippen molar-refractivity contribution in [2.75, 3.05) is 110 Å². The van der Waals surface area contributed by atoms with Gasteiger partial charge in [0.25, 0.3) is 16.8 Å². The molecule has 0 unspecified atom stereocenters. The molecule has 4 aliphatic rings. The number of halogens is 17. The fourth-order valence-electron chi connectivity index (χ4n) is 9.44. The van der Waals surface area contributed by atoms with Crippen LogP contribution in [0, 0.1) is 26.0 Å². The number of carbonyl (C=O) groups is 2. The third kappa shape index (κ3) is 32.8. The molecule has 0 atom stereocenters. The minimum absolute atomic E-state index is 0. The standard InChI is InChI=1S/C17H16F3N3O.C11H11F3N2O2.C11H13F3N2.C7H3F4NO2.C6H4ClNO.C6H15N.C4H9N.CH2Cl2.CH4O.CH4.ClH/c18-17(19,20)13-3-4-15(23-9-1-2-10-23)14(11-13)22-16(24)12-5-7-21-8-6-12;12-11(13,14)8-3-4-9(10(7-8)16(17)18)15-5-1-2-6-15;12-11(13,14)8-3-4-10(9(15)7-8)16-5-1-2-6-16;8-5-2-1-4(7(9,10)11)3-6(5)12(13)14;7-6(9)5-1-3-8-4-2-5;1-4-7(5-2)6-3;1-2-4-5-3-1;2-1-3;1-2;;/h3-8,11H,1-2,9-10H2,(H,22,24);3-4,7H,1-2,5-6H2;3-4,7H,1-2,5-6,15H2;1-3H;1-4H;4-6H2,1-3H3;5H,1-4H2;1H2;2H,1H3;1H4;1H. The second kappa shape index (κ2) is 46.8. The van der Waals surface area contributed by atoms with E-state index in [1.54, 1.807) is 29.4 Å². The van der Waals surface area contributed by atoms with Crippen molar-refractivity contribution in [2.24, 2.45) is 0 Å². The van der Waals surface area contributed by atoms with Crippen LogP contribution < -0.4 is 48.5 Å². The SMILES string of the molecule is C.C1CCNC1.CCN(CC)CC.CO.ClCCl.Nc1cc(C(F)(F)F)ccc1N1CCCC1.O=C(Cl)c1cc[nH+]cc1.O=C(Nc1cc(C(F)(F)F)ccc1N1CCCC1)c1ccncc1.O=[N+]([O-])c1cc(C(F)(F)F)ccc1F.O=[N+]([O-])c1cc(C(F)(F)F)ccc1N1CCCC1.[Cl-]. The predicted molar refractivity (Wildman–Crippen MR) is 360 cm³/mol. The number of H-pyrrole nitrogens is 1.